The summed E-state index contributed by atoms with van der Waals surface area (Å²) in [4.78, 5) is 24.8. The van der Waals surface area contributed by atoms with E-state index >= 15 is 0 Å². The van der Waals surface area contributed by atoms with Crippen LogP contribution in [-0.2, 0) is 16.1 Å². The molecule has 0 bridgehead atoms. The number of nitrogens with zero attached hydrogens (tertiary/aromatic N) is 1. The van der Waals surface area contributed by atoms with Gasteiger partial charge in [0.2, 0.25) is 0 Å². The third-order valence-corrected chi connectivity index (χ3v) is 5.03. The Bertz CT molecular complexity index is 1210. The second kappa shape index (κ2) is 11.3. The highest BCUT2D eigenvalue weighted by Gasteiger charge is 2.12. The van der Waals surface area contributed by atoms with Crippen molar-refractivity contribution in [3.05, 3.63) is 101 Å². The van der Waals surface area contributed by atoms with Crippen LogP contribution in [0.5, 0.6) is 5.75 Å². The average Bonchev–Trinajstić information content (AvgIpc) is 2.83. The van der Waals surface area contributed by atoms with Crippen LogP contribution in [0.3, 0.4) is 0 Å². The number of carbonyl (C=O) groups is 2. The van der Waals surface area contributed by atoms with Gasteiger partial charge < -0.3 is 15.4 Å². The van der Waals surface area contributed by atoms with Crippen LogP contribution in [-0.4, -0.2) is 18.4 Å². The van der Waals surface area contributed by atoms with Crippen LogP contribution in [0.1, 0.15) is 22.3 Å². The maximum atomic E-state index is 12.5. The third-order valence-electron chi connectivity index (χ3n) is 5.03. The third kappa shape index (κ3) is 6.81. The largest absolute Gasteiger partial charge is 0.483 e. The molecule has 0 unspecified atom stereocenters. The molecule has 0 atom stereocenters. The monoisotopic (exact) mass is 439 g/mol. The van der Waals surface area contributed by atoms with E-state index in [2.05, 4.69) is 10.6 Å². The number of rotatable bonds is 8. The zero-order chi connectivity index (χ0) is 23.6. The van der Waals surface area contributed by atoms with Crippen molar-refractivity contribution >= 4 is 23.6 Å². The number of para-hydroxylation sites is 1. The maximum absolute atomic E-state index is 12.5. The normalized spacial score (nSPS) is 10.8. The highest BCUT2D eigenvalue weighted by Crippen LogP contribution is 2.21. The van der Waals surface area contributed by atoms with Crippen molar-refractivity contribution in [3.63, 3.8) is 0 Å². The van der Waals surface area contributed by atoms with Gasteiger partial charge in [0.25, 0.3) is 11.8 Å². The van der Waals surface area contributed by atoms with Crippen molar-refractivity contribution in [1.82, 2.24) is 5.32 Å². The number of nitriles is 1. The Hall–Kier alpha value is -4.37. The molecule has 2 amide bonds. The Balaban J connectivity index is 1.64. The smallest absolute Gasteiger partial charge is 0.262 e. The molecule has 6 heteroatoms. The Morgan fingerprint density at radius 3 is 2.42 bits per heavy atom. The lowest BCUT2D eigenvalue weighted by molar-refractivity contribution is -0.118. The zero-order valence-electron chi connectivity index (χ0n) is 18.6. The van der Waals surface area contributed by atoms with Gasteiger partial charge in [-0.2, -0.15) is 5.26 Å². The van der Waals surface area contributed by atoms with E-state index in [0.29, 0.717) is 23.5 Å². The van der Waals surface area contributed by atoms with Crippen molar-refractivity contribution in [3.8, 4) is 11.8 Å². The van der Waals surface area contributed by atoms with Crippen molar-refractivity contribution in [2.45, 2.75) is 20.4 Å². The highest BCUT2D eigenvalue weighted by molar-refractivity contribution is 6.02. The van der Waals surface area contributed by atoms with Crippen molar-refractivity contribution in [1.29, 1.82) is 5.26 Å². The lowest BCUT2D eigenvalue weighted by Crippen LogP contribution is -2.24. The molecule has 166 valence electrons. The fraction of sp³-hybridized carbons (Fsp3) is 0.148. The first-order valence-corrected chi connectivity index (χ1v) is 10.5. The van der Waals surface area contributed by atoms with Gasteiger partial charge in [0.05, 0.1) is 0 Å². The fourth-order valence-corrected chi connectivity index (χ4v) is 3.07. The maximum Gasteiger partial charge on any atom is 0.262 e. The molecule has 3 aromatic rings. The van der Waals surface area contributed by atoms with Crippen LogP contribution >= 0.6 is 0 Å². The van der Waals surface area contributed by atoms with E-state index in [-0.39, 0.29) is 18.1 Å². The Kier molecular flexibility index (Phi) is 7.98. The number of carbonyl (C=O) groups excluding carboxylic acids is 2. The molecule has 0 aliphatic carbocycles. The first-order valence-electron chi connectivity index (χ1n) is 10.5. The van der Waals surface area contributed by atoms with Crippen molar-refractivity contribution in [2.75, 3.05) is 11.9 Å². The van der Waals surface area contributed by atoms with Gasteiger partial charge in [-0.25, -0.2) is 0 Å². The summed E-state index contributed by atoms with van der Waals surface area (Å²) in [5.74, 6) is -0.391. The van der Waals surface area contributed by atoms with E-state index in [1.807, 2.05) is 68.4 Å². The van der Waals surface area contributed by atoms with Crippen LogP contribution in [0.2, 0.25) is 0 Å². The molecule has 33 heavy (non-hydrogen) atoms. The van der Waals surface area contributed by atoms with Gasteiger partial charge >= 0.3 is 0 Å². The summed E-state index contributed by atoms with van der Waals surface area (Å²) in [7, 11) is 0. The molecule has 0 aromatic heterocycles. The quantitative estimate of drug-likeness (QED) is 0.398. The van der Waals surface area contributed by atoms with Gasteiger partial charge in [-0.15, -0.1) is 0 Å². The van der Waals surface area contributed by atoms with E-state index < -0.39 is 5.91 Å². The number of benzene rings is 3. The van der Waals surface area contributed by atoms with Gasteiger partial charge in [-0.1, -0.05) is 54.6 Å². The molecule has 0 spiro atoms. The highest BCUT2D eigenvalue weighted by atomic mass is 16.5. The zero-order valence-corrected chi connectivity index (χ0v) is 18.6. The van der Waals surface area contributed by atoms with Gasteiger partial charge in [0.1, 0.15) is 17.4 Å². The number of aryl methyl sites for hydroxylation is 2. The molecule has 0 aliphatic rings. The molecule has 0 saturated carbocycles. The molecule has 0 radical (unpaired) electrons. The van der Waals surface area contributed by atoms with E-state index in [0.717, 1.165) is 16.7 Å². The summed E-state index contributed by atoms with van der Waals surface area (Å²) in [6.07, 6.45) is 1.46. The fourth-order valence-electron chi connectivity index (χ4n) is 3.07. The van der Waals surface area contributed by atoms with E-state index in [1.165, 1.54) is 6.08 Å². The standard InChI is InChI=1S/C27H25N3O3/c1-19-12-13-24(14-20(19)2)30-26(31)18-33-25-11-7-6-10-22(25)15-23(16-28)27(32)29-17-21-8-4-3-5-9-21/h3-15H,17-18H2,1-2H3,(H,29,32)(H,30,31)/b23-15+. The summed E-state index contributed by atoms with van der Waals surface area (Å²) in [6.45, 7) is 4.09. The molecule has 0 fully saturated rings. The number of amides is 2. The molecule has 6 nitrogen and oxygen atoms in total. The predicted molar refractivity (Wildman–Crippen MR) is 128 cm³/mol. The first-order chi connectivity index (χ1) is 16.0. The molecular weight excluding hydrogens is 414 g/mol. The molecule has 3 aromatic carbocycles. The molecule has 2 N–H and O–H groups in total. The van der Waals surface area contributed by atoms with E-state index in [9.17, 15) is 14.9 Å². The topological polar surface area (TPSA) is 91.2 Å². The lowest BCUT2D eigenvalue weighted by Gasteiger charge is -2.11. The molecule has 0 aliphatic heterocycles. The summed E-state index contributed by atoms with van der Waals surface area (Å²) in [5.41, 5.74) is 4.33. The van der Waals surface area contributed by atoms with E-state index in [4.69, 9.17) is 4.74 Å². The average molecular weight is 440 g/mol. The summed E-state index contributed by atoms with van der Waals surface area (Å²) in [5, 5.41) is 15.0. The Labute approximate surface area is 193 Å². The second-order valence-electron chi connectivity index (χ2n) is 7.51. The van der Waals surface area contributed by atoms with Gasteiger partial charge in [0.15, 0.2) is 6.61 Å². The van der Waals surface area contributed by atoms with Crippen LogP contribution < -0.4 is 15.4 Å². The predicted octanol–water partition coefficient (Wildman–Crippen LogP) is 4.54. The van der Waals surface area contributed by atoms with Gasteiger partial charge in [-0.05, 0) is 54.8 Å². The summed E-state index contributed by atoms with van der Waals surface area (Å²) < 4.78 is 5.68. The second-order valence-corrected chi connectivity index (χ2v) is 7.51. The minimum atomic E-state index is -0.483. The van der Waals surface area contributed by atoms with Crippen LogP contribution in [0.25, 0.3) is 6.08 Å². The lowest BCUT2D eigenvalue weighted by atomic mass is 10.1. The minimum absolute atomic E-state index is 0.0541. The molecule has 0 saturated heterocycles. The number of hydrogen-bond acceptors (Lipinski definition) is 4. The van der Waals surface area contributed by atoms with Crippen LogP contribution in [0.4, 0.5) is 5.69 Å². The Morgan fingerprint density at radius 1 is 0.970 bits per heavy atom. The number of anilines is 1. The van der Waals surface area contributed by atoms with Crippen LogP contribution in [0.15, 0.2) is 78.4 Å². The SMILES string of the molecule is Cc1ccc(NC(=O)COc2ccccc2/C=C(\C#N)C(=O)NCc2ccccc2)cc1C. The Morgan fingerprint density at radius 2 is 1.70 bits per heavy atom. The first kappa shape index (κ1) is 23.3. The van der Waals surface area contributed by atoms with Crippen molar-refractivity contribution < 1.29 is 14.3 Å². The summed E-state index contributed by atoms with van der Waals surface area (Å²) >= 11 is 0. The number of ether oxygens (including phenoxy) is 1. The van der Waals surface area contributed by atoms with Gasteiger partial charge in [-0.3, -0.25) is 9.59 Å². The minimum Gasteiger partial charge on any atom is -0.483 e. The summed E-state index contributed by atoms with van der Waals surface area (Å²) in [6, 6.07) is 24.0. The van der Waals surface area contributed by atoms with Gasteiger partial charge in [0, 0.05) is 17.8 Å². The molecule has 0 heterocycles. The number of nitrogens with one attached hydrogen (secondary N) is 2. The van der Waals surface area contributed by atoms with Crippen molar-refractivity contribution in [2.24, 2.45) is 0 Å². The molecule has 3 rings (SSSR count). The van der Waals surface area contributed by atoms with Crippen LogP contribution in [0, 0.1) is 25.2 Å². The number of hydrogen-bond donors (Lipinski definition) is 2. The molecular formula is C27H25N3O3. The van der Waals surface area contributed by atoms with E-state index in [1.54, 1.807) is 24.3 Å².